The lowest BCUT2D eigenvalue weighted by molar-refractivity contribution is 0.336. The topological polar surface area (TPSA) is 34.2 Å². The Kier molecular flexibility index (Phi) is 4.07. The lowest BCUT2D eigenvalue weighted by Gasteiger charge is -2.12. The van der Waals surface area contributed by atoms with Gasteiger partial charge in [-0.1, -0.05) is 25.2 Å². The highest BCUT2D eigenvalue weighted by atomic mass is 32.1. The maximum absolute atomic E-state index is 5.73. The molecule has 0 atom stereocenters. The molecule has 0 aliphatic heterocycles. The Morgan fingerprint density at radius 1 is 1.33 bits per heavy atom. The van der Waals surface area contributed by atoms with Gasteiger partial charge in [0.1, 0.15) is 5.75 Å². The summed E-state index contributed by atoms with van der Waals surface area (Å²) in [5.41, 5.74) is 2.29. The number of anilines is 1. The molecule has 0 radical (unpaired) electrons. The molecule has 1 aromatic heterocycles. The van der Waals surface area contributed by atoms with Crippen molar-refractivity contribution in [1.82, 2.24) is 4.98 Å². The molecular formula is C14H20N2OS. The molecule has 3 nitrogen and oxygen atoms in total. The van der Waals surface area contributed by atoms with Crippen LogP contribution in [0.4, 0.5) is 5.13 Å². The molecule has 0 fully saturated rings. The Labute approximate surface area is 112 Å². The molecule has 0 unspecified atom stereocenters. The Balaban J connectivity index is 2.50. The minimum Gasteiger partial charge on any atom is -0.494 e. The van der Waals surface area contributed by atoms with E-state index in [4.69, 9.17) is 4.74 Å². The van der Waals surface area contributed by atoms with E-state index in [1.807, 2.05) is 6.92 Å². The smallest absolute Gasteiger partial charge is 0.183 e. The first kappa shape index (κ1) is 13.1. The summed E-state index contributed by atoms with van der Waals surface area (Å²) in [6.07, 6.45) is 0. The summed E-state index contributed by atoms with van der Waals surface area (Å²) in [5, 5.41) is 4.25. The van der Waals surface area contributed by atoms with Crippen molar-refractivity contribution in [3.05, 3.63) is 17.7 Å². The molecule has 4 heteroatoms. The quantitative estimate of drug-likeness (QED) is 0.876. The van der Waals surface area contributed by atoms with Crippen LogP contribution in [0.3, 0.4) is 0 Å². The molecule has 1 heterocycles. The van der Waals surface area contributed by atoms with Crippen molar-refractivity contribution in [2.24, 2.45) is 0 Å². The van der Waals surface area contributed by atoms with E-state index < -0.39 is 0 Å². The molecule has 98 valence electrons. The van der Waals surface area contributed by atoms with Gasteiger partial charge in [0.25, 0.3) is 0 Å². The first-order valence-corrected chi connectivity index (χ1v) is 7.28. The number of rotatable bonds is 5. The number of aromatic nitrogens is 1. The van der Waals surface area contributed by atoms with Gasteiger partial charge in [-0.05, 0) is 37.5 Å². The molecule has 0 aliphatic carbocycles. The van der Waals surface area contributed by atoms with Gasteiger partial charge in [-0.25, -0.2) is 4.98 Å². The zero-order valence-electron chi connectivity index (χ0n) is 11.4. The number of nitrogens with zero attached hydrogens (tertiary/aromatic N) is 1. The lowest BCUT2D eigenvalue weighted by Crippen LogP contribution is -1.98. The number of ether oxygens (including phenoxy) is 1. The Bertz CT molecular complexity index is 534. The van der Waals surface area contributed by atoms with Crippen LogP contribution in [0.15, 0.2) is 12.1 Å². The third kappa shape index (κ3) is 2.58. The molecule has 0 aliphatic rings. The van der Waals surface area contributed by atoms with E-state index in [1.54, 1.807) is 11.3 Å². The Morgan fingerprint density at radius 3 is 2.72 bits per heavy atom. The van der Waals surface area contributed by atoms with Crippen LogP contribution >= 0.6 is 11.3 Å². The fraction of sp³-hybridized carbons (Fsp3) is 0.500. The molecule has 2 rings (SSSR count). The standard InChI is InChI=1S/C14H20N2OS/c1-5-15-14-16-11-7-10(9(3)4)12(17-6-2)8-13(11)18-14/h7-9H,5-6H2,1-4H3,(H,15,16). The number of benzene rings is 1. The van der Waals surface area contributed by atoms with E-state index >= 15 is 0 Å². The van der Waals surface area contributed by atoms with Crippen LogP contribution in [0, 0.1) is 0 Å². The summed E-state index contributed by atoms with van der Waals surface area (Å²) < 4.78 is 6.91. The number of hydrogen-bond acceptors (Lipinski definition) is 4. The summed E-state index contributed by atoms with van der Waals surface area (Å²) in [6, 6.07) is 4.27. The van der Waals surface area contributed by atoms with Crippen LogP contribution < -0.4 is 10.1 Å². The summed E-state index contributed by atoms with van der Waals surface area (Å²) in [7, 11) is 0. The van der Waals surface area contributed by atoms with Crippen molar-refractivity contribution in [3.8, 4) is 5.75 Å². The molecule has 0 amide bonds. The second kappa shape index (κ2) is 5.57. The van der Waals surface area contributed by atoms with Gasteiger partial charge in [0.15, 0.2) is 5.13 Å². The number of nitrogens with one attached hydrogen (secondary N) is 1. The van der Waals surface area contributed by atoms with Crippen molar-refractivity contribution < 1.29 is 4.74 Å². The van der Waals surface area contributed by atoms with E-state index in [9.17, 15) is 0 Å². The molecule has 0 saturated heterocycles. The monoisotopic (exact) mass is 264 g/mol. The maximum atomic E-state index is 5.73. The zero-order valence-corrected chi connectivity index (χ0v) is 12.2. The maximum Gasteiger partial charge on any atom is 0.183 e. The van der Waals surface area contributed by atoms with Crippen molar-refractivity contribution in [2.45, 2.75) is 33.6 Å². The van der Waals surface area contributed by atoms with Crippen molar-refractivity contribution >= 4 is 26.7 Å². The molecule has 2 aromatic rings. The predicted octanol–water partition coefficient (Wildman–Crippen LogP) is 4.25. The third-order valence-electron chi connectivity index (χ3n) is 2.77. The van der Waals surface area contributed by atoms with Gasteiger partial charge in [0, 0.05) is 6.54 Å². The zero-order chi connectivity index (χ0) is 13.1. The summed E-state index contributed by atoms with van der Waals surface area (Å²) >= 11 is 1.68. The SMILES string of the molecule is CCNc1nc2cc(C(C)C)c(OCC)cc2s1. The predicted molar refractivity (Wildman–Crippen MR) is 79.0 cm³/mol. The fourth-order valence-corrected chi connectivity index (χ4v) is 2.87. The van der Waals surface area contributed by atoms with Crippen LogP contribution in [0.1, 0.15) is 39.2 Å². The van der Waals surface area contributed by atoms with E-state index in [0.717, 1.165) is 22.9 Å². The van der Waals surface area contributed by atoms with Crippen molar-refractivity contribution in [2.75, 3.05) is 18.5 Å². The highest BCUT2D eigenvalue weighted by Crippen LogP contribution is 2.35. The van der Waals surface area contributed by atoms with Crippen LogP contribution in [0.2, 0.25) is 0 Å². The number of hydrogen-bond donors (Lipinski definition) is 1. The van der Waals surface area contributed by atoms with E-state index in [0.29, 0.717) is 12.5 Å². The van der Waals surface area contributed by atoms with Crippen LogP contribution in [-0.4, -0.2) is 18.1 Å². The van der Waals surface area contributed by atoms with Gasteiger partial charge in [-0.3, -0.25) is 0 Å². The highest BCUT2D eigenvalue weighted by Gasteiger charge is 2.12. The fourth-order valence-electron chi connectivity index (χ4n) is 1.93. The minimum absolute atomic E-state index is 0.445. The molecule has 18 heavy (non-hydrogen) atoms. The summed E-state index contributed by atoms with van der Waals surface area (Å²) in [4.78, 5) is 4.60. The first-order chi connectivity index (χ1) is 8.65. The van der Waals surface area contributed by atoms with Crippen LogP contribution in [0.5, 0.6) is 5.75 Å². The molecule has 1 N–H and O–H groups in total. The lowest BCUT2D eigenvalue weighted by atomic mass is 10.0. The molecule has 1 aromatic carbocycles. The second-order valence-electron chi connectivity index (χ2n) is 4.49. The van der Waals surface area contributed by atoms with Gasteiger partial charge in [-0.2, -0.15) is 0 Å². The summed E-state index contributed by atoms with van der Waals surface area (Å²) in [6.45, 7) is 10.1. The molecule has 0 saturated carbocycles. The first-order valence-electron chi connectivity index (χ1n) is 6.46. The van der Waals surface area contributed by atoms with E-state index in [2.05, 4.69) is 43.2 Å². The average Bonchev–Trinajstić information content (AvgIpc) is 2.70. The number of fused-ring (bicyclic) bond motifs is 1. The second-order valence-corrected chi connectivity index (χ2v) is 5.53. The van der Waals surface area contributed by atoms with Crippen molar-refractivity contribution in [3.63, 3.8) is 0 Å². The van der Waals surface area contributed by atoms with Gasteiger partial charge < -0.3 is 10.1 Å². The van der Waals surface area contributed by atoms with Crippen LogP contribution in [0.25, 0.3) is 10.2 Å². The van der Waals surface area contributed by atoms with E-state index in [1.165, 1.54) is 10.3 Å². The Morgan fingerprint density at radius 2 is 2.11 bits per heavy atom. The average molecular weight is 264 g/mol. The van der Waals surface area contributed by atoms with Gasteiger partial charge >= 0.3 is 0 Å². The molecule has 0 spiro atoms. The highest BCUT2D eigenvalue weighted by molar-refractivity contribution is 7.22. The van der Waals surface area contributed by atoms with Crippen molar-refractivity contribution in [1.29, 1.82) is 0 Å². The summed E-state index contributed by atoms with van der Waals surface area (Å²) in [5.74, 6) is 1.44. The third-order valence-corrected chi connectivity index (χ3v) is 3.75. The number of thiazole rings is 1. The molecule has 0 bridgehead atoms. The van der Waals surface area contributed by atoms with Crippen LogP contribution in [-0.2, 0) is 0 Å². The minimum atomic E-state index is 0.445. The largest absolute Gasteiger partial charge is 0.494 e. The van der Waals surface area contributed by atoms with Gasteiger partial charge in [-0.15, -0.1) is 0 Å². The van der Waals surface area contributed by atoms with Gasteiger partial charge in [0.05, 0.1) is 16.8 Å². The Hall–Kier alpha value is -1.29. The van der Waals surface area contributed by atoms with Gasteiger partial charge in [0.2, 0.25) is 0 Å². The molecular weight excluding hydrogens is 244 g/mol. The van der Waals surface area contributed by atoms with E-state index in [-0.39, 0.29) is 0 Å². The normalized spacial score (nSPS) is 11.2.